The first-order valence-corrected chi connectivity index (χ1v) is 5.89. The van der Waals surface area contributed by atoms with Crippen molar-refractivity contribution in [3.63, 3.8) is 0 Å². The van der Waals surface area contributed by atoms with Crippen LogP contribution in [0.5, 0.6) is 0 Å². The number of nitrogens with zero attached hydrogens (tertiary/aromatic N) is 1. The van der Waals surface area contributed by atoms with Crippen molar-refractivity contribution in [1.82, 2.24) is 4.98 Å². The molecule has 3 aromatic rings. The summed E-state index contributed by atoms with van der Waals surface area (Å²) in [7, 11) is 0. The van der Waals surface area contributed by atoms with Crippen molar-refractivity contribution in [1.29, 1.82) is 0 Å². The summed E-state index contributed by atoms with van der Waals surface area (Å²) < 4.78 is 13.1. The zero-order chi connectivity index (χ0) is 13.2. The summed E-state index contributed by atoms with van der Waals surface area (Å²) in [4.78, 5) is 4.05. The average Bonchev–Trinajstić information content (AvgIpc) is 2.42. The van der Waals surface area contributed by atoms with Gasteiger partial charge in [-0.1, -0.05) is 12.1 Å². The third kappa shape index (κ3) is 2.20. The van der Waals surface area contributed by atoms with Crippen LogP contribution in [0.4, 0.5) is 21.5 Å². The summed E-state index contributed by atoms with van der Waals surface area (Å²) in [6, 6.07) is 11.9. The molecule has 2 aromatic carbocycles. The summed E-state index contributed by atoms with van der Waals surface area (Å²) >= 11 is 0. The summed E-state index contributed by atoms with van der Waals surface area (Å²) in [5.74, 6) is -0.284. The molecular weight excluding hydrogens is 241 g/mol. The number of nitrogens with two attached hydrogens (primary N) is 1. The van der Waals surface area contributed by atoms with E-state index in [1.54, 1.807) is 24.5 Å². The molecule has 3 N–H and O–H groups in total. The minimum absolute atomic E-state index is 0.284. The van der Waals surface area contributed by atoms with Gasteiger partial charge in [-0.25, -0.2) is 4.39 Å². The average molecular weight is 253 g/mol. The first kappa shape index (κ1) is 11.5. The molecule has 0 saturated carbocycles. The van der Waals surface area contributed by atoms with Gasteiger partial charge in [-0.3, -0.25) is 4.98 Å². The van der Waals surface area contributed by atoms with Crippen LogP contribution in [0.2, 0.25) is 0 Å². The van der Waals surface area contributed by atoms with Gasteiger partial charge in [0.2, 0.25) is 0 Å². The predicted octanol–water partition coefficient (Wildman–Crippen LogP) is 3.70. The molecular formula is C15H12FN3. The minimum atomic E-state index is -0.284. The fourth-order valence-electron chi connectivity index (χ4n) is 2.02. The van der Waals surface area contributed by atoms with E-state index in [1.807, 2.05) is 18.2 Å². The Hall–Kier alpha value is -2.62. The van der Waals surface area contributed by atoms with Crippen LogP contribution in [0.15, 0.2) is 54.9 Å². The Morgan fingerprint density at radius 2 is 2.00 bits per heavy atom. The standard InChI is InChI=1S/C15H12FN3/c16-11-2-1-3-12(8-11)19-14-5-4-10-9-18-7-6-13(10)15(14)17/h1-9,19H,17H2. The number of benzene rings is 2. The molecule has 0 atom stereocenters. The molecule has 4 heteroatoms. The molecule has 0 aliphatic heterocycles. The van der Waals surface area contributed by atoms with Gasteiger partial charge in [0, 0.05) is 28.9 Å². The van der Waals surface area contributed by atoms with Crippen molar-refractivity contribution in [2.24, 2.45) is 0 Å². The number of aromatic nitrogens is 1. The highest BCUT2D eigenvalue weighted by Gasteiger charge is 2.05. The fourth-order valence-corrected chi connectivity index (χ4v) is 2.02. The van der Waals surface area contributed by atoms with E-state index in [-0.39, 0.29) is 5.82 Å². The third-order valence-corrected chi connectivity index (χ3v) is 2.97. The van der Waals surface area contributed by atoms with Crippen molar-refractivity contribution in [2.45, 2.75) is 0 Å². The van der Waals surface area contributed by atoms with E-state index in [9.17, 15) is 4.39 Å². The predicted molar refractivity (Wildman–Crippen MR) is 75.8 cm³/mol. The monoisotopic (exact) mass is 253 g/mol. The van der Waals surface area contributed by atoms with Gasteiger partial charge in [0.25, 0.3) is 0 Å². The molecule has 3 nitrogen and oxygen atoms in total. The van der Waals surface area contributed by atoms with Crippen LogP contribution < -0.4 is 11.1 Å². The Labute approximate surface area is 109 Å². The Kier molecular flexibility index (Phi) is 2.76. The summed E-state index contributed by atoms with van der Waals surface area (Å²) in [6.07, 6.45) is 3.46. The van der Waals surface area contributed by atoms with Crippen molar-refractivity contribution in [3.8, 4) is 0 Å². The smallest absolute Gasteiger partial charge is 0.125 e. The first-order valence-electron chi connectivity index (χ1n) is 5.89. The Morgan fingerprint density at radius 1 is 1.11 bits per heavy atom. The molecule has 94 valence electrons. The Morgan fingerprint density at radius 3 is 2.84 bits per heavy atom. The summed E-state index contributed by atoms with van der Waals surface area (Å²) in [5.41, 5.74) is 8.17. The van der Waals surface area contributed by atoms with E-state index < -0.39 is 0 Å². The van der Waals surface area contributed by atoms with E-state index >= 15 is 0 Å². The number of fused-ring (bicyclic) bond motifs is 1. The SMILES string of the molecule is Nc1c(Nc2cccc(F)c2)ccc2cnccc12. The molecule has 0 radical (unpaired) electrons. The second kappa shape index (κ2) is 4.57. The summed E-state index contributed by atoms with van der Waals surface area (Å²) in [5, 5.41) is 5.02. The Balaban J connectivity index is 2.04. The largest absolute Gasteiger partial charge is 0.397 e. The van der Waals surface area contributed by atoms with Crippen LogP contribution >= 0.6 is 0 Å². The van der Waals surface area contributed by atoms with Crippen molar-refractivity contribution in [2.75, 3.05) is 11.1 Å². The minimum Gasteiger partial charge on any atom is -0.397 e. The number of pyridine rings is 1. The molecule has 1 aromatic heterocycles. The number of nitrogens with one attached hydrogen (secondary N) is 1. The molecule has 0 aliphatic rings. The fraction of sp³-hybridized carbons (Fsp3) is 0. The maximum atomic E-state index is 13.1. The van der Waals surface area contributed by atoms with Gasteiger partial charge in [-0.2, -0.15) is 0 Å². The van der Waals surface area contributed by atoms with Gasteiger partial charge in [0.15, 0.2) is 0 Å². The highest BCUT2D eigenvalue weighted by molar-refractivity contribution is 5.99. The molecule has 0 aliphatic carbocycles. The molecule has 0 amide bonds. The second-order valence-corrected chi connectivity index (χ2v) is 4.26. The van der Waals surface area contributed by atoms with Crippen molar-refractivity contribution < 1.29 is 4.39 Å². The van der Waals surface area contributed by atoms with E-state index in [0.717, 1.165) is 16.5 Å². The van der Waals surface area contributed by atoms with E-state index in [2.05, 4.69) is 10.3 Å². The van der Waals surface area contributed by atoms with E-state index in [1.165, 1.54) is 12.1 Å². The van der Waals surface area contributed by atoms with E-state index in [0.29, 0.717) is 11.4 Å². The lowest BCUT2D eigenvalue weighted by Gasteiger charge is -2.11. The van der Waals surface area contributed by atoms with Crippen molar-refractivity contribution in [3.05, 3.63) is 60.7 Å². The van der Waals surface area contributed by atoms with Gasteiger partial charge in [-0.05, 0) is 30.3 Å². The lowest BCUT2D eigenvalue weighted by molar-refractivity contribution is 0.628. The lowest BCUT2D eigenvalue weighted by atomic mass is 10.1. The van der Waals surface area contributed by atoms with Crippen LogP contribution in [-0.4, -0.2) is 4.98 Å². The molecule has 0 unspecified atom stereocenters. The summed E-state index contributed by atoms with van der Waals surface area (Å²) in [6.45, 7) is 0. The zero-order valence-corrected chi connectivity index (χ0v) is 10.1. The molecule has 1 heterocycles. The maximum Gasteiger partial charge on any atom is 0.125 e. The highest BCUT2D eigenvalue weighted by atomic mass is 19.1. The molecule has 19 heavy (non-hydrogen) atoms. The van der Waals surface area contributed by atoms with Crippen LogP contribution in [0.3, 0.4) is 0 Å². The molecule has 0 spiro atoms. The molecule has 0 saturated heterocycles. The van der Waals surface area contributed by atoms with Gasteiger partial charge in [0.05, 0.1) is 11.4 Å². The van der Waals surface area contributed by atoms with Crippen LogP contribution in [0.1, 0.15) is 0 Å². The molecule has 3 rings (SSSR count). The topological polar surface area (TPSA) is 50.9 Å². The number of halogens is 1. The maximum absolute atomic E-state index is 13.1. The van der Waals surface area contributed by atoms with Crippen LogP contribution in [0.25, 0.3) is 10.8 Å². The highest BCUT2D eigenvalue weighted by Crippen LogP contribution is 2.30. The number of anilines is 3. The van der Waals surface area contributed by atoms with Crippen molar-refractivity contribution >= 4 is 27.8 Å². The quantitative estimate of drug-likeness (QED) is 0.685. The van der Waals surface area contributed by atoms with Gasteiger partial charge in [-0.15, -0.1) is 0 Å². The Bertz CT molecular complexity index is 740. The molecule has 0 bridgehead atoms. The number of rotatable bonds is 2. The number of hydrogen-bond acceptors (Lipinski definition) is 3. The molecule has 0 fully saturated rings. The first-order chi connectivity index (χ1) is 9.24. The normalized spacial score (nSPS) is 10.6. The van der Waals surface area contributed by atoms with Gasteiger partial charge in [0.1, 0.15) is 5.82 Å². The van der Waals surface area contributed by atoms with E-state index in [4.69, 9.17) is 5.73 Å². The van der Waals surface area contributed by atoms with Crippen LogP contribution in [-0.2, 0) is 0 Å². The second-order valence-electron chi connectivity index (χ2n) is 4.26. The number of nitrogen functional groups attached to an aromatic ring is 1. The zero-order valence-electron chi connectivity index (χ0n) is 10.1. The third-order valence-electron chi connectivity index (χ3n) is 2.97. The lowest BCUT2D eigenvalue weighted by Crippen LogP contribution is -1.97. The van der Waals surface area contributed by atoms with Crippen LogP contribution in [0, 0.1) is 5.82 Å². The number of hydrogen-bond donors (Lipinski definition) is 2. The van der Waals surface area contributed by atoms with Gasteiger partial charge < -0.3 is 11.1 Å². The van der Waals surface area contributed by atoms with Gasteiger partial charge >= 0.3 is 0 Å².